The maximum Gasteiger partial charge on any atom is 0.0725 e. The number of hydrogen-bond acceptors (Lipinski definition) is 0. The molecule has 41 heavy (non-hydrogen) atoms. The highest BCUT2D eigenvalue weighted by Gasteiger charge is 2.51. The van der Waals surface area contributed by atoms with E-state index in [1.165, 1.54) is 77.9 Å². The first-order valence-corrected chi connectivity index (χ1v) is 15.2. The van der Waals surface area contributed by atoms with Crippen molar-refractivity contribution in [2.75, 3.05) is 0 Å². The Kier molecular flexibility index (Phi) is 4.56. The third-order valence-corrected chi connectivity index (χ3v) is 10.5. The Morgan fingerprint density at radius 3 is 1.44 bits per heavy atom. The first kappa shape index (κ1) is 23.5. The molecule has 6 aromatic rings. The van der Waals surface area contributed by atoms with Gasteiger partial charge in [0.1, 0.15) is 0 Å². The van der Waals surface area contributed by atoms with Gasteiger partial charge in [0, 0.05) is 9.89 Å². The summed E-state index contributed by atoms with van der Waals surface area (Å²) in [4.78, 5) is 0. The van der Waals surface area contributed by atoms with Crippen molar-refractivity contribution in [1.29, 1.82) is 0 Å². The van der Waals surface area contributed by atoms with Crippen molar-refractivity contribution >= 4 is 15.9 Å². The molecule has 9 rings (SSSR count). The minimum Gasteiger partial charge on any atom is -0.0619 e. The number of rotatable bonds is 0. The largest absolute Gasteiger partial charge is 0.0725 e. The van der Waals surface area contributed by atoms with E-state index in [-0.39, 0.29) is 5.41 Å². The van der Waals surface area contributed by atoms with Gasteiger partial charge in [-0.05, 0) is 102 Å². The molecule has 6 aromatic carbocycles. The second kappa shape index (κ2) is 7.96. The van der Waals surface area contributed by atoms with Crippen LogP contribution < -0.4 is 0 Å². The third-order valence-electron chi connectivity index (χ3n) is 9.97. The molecular formula is C40H27Br. The van der Waals surface area contributed by atoms with Crippen molar-refractivity contribution in [1.82, 2.24) is 0 Å². The van der Waals surface area contributed by atoms with Gasteiger partial charge >= 0.3 is 0 Å². The lowest BCUT2D eigenvalue weighted by molar-refractivity contribution is 0.660. The molecular weight excluding hydrogens is 560 g/mol. The van der Waals surface area contributed by atoms with Crippen molar-refractivity contribution in [3.05, 3.63) is 165 Å². The Balaban J connectivity index is 1.51. The summed E-state index contributed by atoms with van der Waals surface area (Å²) in [5.41, 5.74) is 18.4. The molecule has 1 unspecified atom stereocenters. The lowest BCUT2D eigenvalue weighted by atomic mass is 9.65. The van der Waals surface area contributed by atoms with Crippen LogP contribution in [0.25, 0.3) is 44.5 Å². The maximum atomic E-state index is 3.83. The van der Waals surface area contributed by atoms with Gasteiger partial charge in [0.25, 0.3) is 0 Å². The first-order valence-electron chi connectivity index (χ1n) is 14.4. The standard InChI is InChI=1S/C40H27Br/c1-39(2)33-16-8-5-14-28(33)31-23-38-32(22-37(31)39)29-15-7-10-18-35(29)40(38)34-17-9-6-13-27(34)25-11-3-4-12-26(25)30-21-24(41)19-20-36(30)40/h3-23H,1-2H3. The summed E-state index contributed by atoms with van der Waals surface area (Å²) in [5.74, 6) is 0. The van der Waals surface area contributed by atoms with Crippen LogP contribution in [-0.4, -0.2) is 0 Å². The van der Waals surface area contributed by atoms with Gasteiger partial charge in [0.2, 0.25) is 0 Å². The van der Waals surface area contributed by atoms with E-state index < -0.39 is 5.41 Å². The smallest absolute Gasteiger partial charge is 0.0619 e. The molecule has 3 aliphatic carbocycles. The predicted octanol–water partition coefficient (Wildman–Crippen LogP) is 10.8. The first-order chi connectivity index (χ1) is 20.0. The van der Waals surface area contributed by atoms with Crippen molar-refractivity contribution in [2.45, 2.75) is 24.7 Å². The minimum absolute atomic E-state index is 0.0496. The van der Waals surface area contributed by atoms with Crippen LogP contribution in [0.2, 0.25) is 0 Å². The second-order valence-corrected chi connectivity index (χ2v) is 13.1. The molecule has 3 aliphatic rings. The van der Waals surface area contributed by atoms with Crippen LogP contribution >= 0.6 is 15.9 Å². The molecule has 194 valence electrons. The van der Waals surface area contributed by atoms with E-state index in [1.54, 1.807) is 0 Å². The van der Waals surface area contributed by atoms with Crippen molar-refractivity contribution in [2.24, 2.45) is 0 Å². The highest BCUT2D eigenvalue weighted by atomic mass is 79.9. The summed E-state index contributed by atoms with van der Waals surface area (Å²) in [6, 6.07) is 48.2. The van der Waals surface area contributed by atoms with Crippen LogP contribution in [0.15, 0.2) is 132 Å². The maximum absolute atomic E-state index is 3.83. The molecule has 0 saturated heterocycles. The average Bonchev–Trinajstić information content (AvgIpc) is 3.38. The van der Waals surface area contributed by atoms with E-state index in [2.05, 4.69) is 157 Å². The number of benzene rings is 6. The highest BCUT2D eigenvalue weighted by molar-refractivity contribution is 9.10. The predicted molar refractivity (Wildman–Crippen MR) is 173 cm³/mol. The Labute approximate surface area is 249 Å². The fourth-order valence-electron chi connectivity index (χ4n) is 8.26. The van der Waals surface area contributed by atoms with Crippen LogP contribution in [0.1, 0.15) is 47.2 Å². The second-order valence-electron chi connectivity index (χ2n) is 12.2. The molecule has 0 radical (unpaired) electrons. The van der Waals surface area contributed by atoms with E-state index in [9.17, 15) is 0 Å². The molecule has 0 saturated carbocycles. The zero-order valence-electron chi connectivity index (χ0n) is 23.0. The summed E-state index contributed by atoms with van der Waals surface area (Å²) < 4.78 is 1.10. The highest BCUT2D eigenvalue weighted by Crippen LogP contribution is 2.63. The third kappa shape index (κ3) is 2.80. The van der Waals surface area contributed by atoms with E-state index in [0.717, 1.165) is 4.47 Å². The Morgan fingerprint density at radius 1 is 0.366 bits per heavy atom. The Bertz CT molecular complexity index is 2100. The molecule has 0 fully saturated rings. The van der Waals surface area contributed by atoms with Crippen LogP contribution in [0.5, 0.6) is 0 Å². The van der Waals surface area contributed by atoms with Crippen molar-refractivity contribution in [3.8, 4) is 44.5 Å². The van der Waals surface area contributed by atoms with E-state index in [4.69, 9.17) is 0 Å². The fraction of sp³-hybridized carbons (Fsp3) is 0.100. The van der Waals surface area contributed by atoms with Gasteiger partial charge in [-0.2, -0.15) is 0 Å². The topological polar surface area (TPSA) is 0 Å². The van der Waals surface area contributed by atoms with Gasteiger partial charge in [-0.15, -0.1) is 0 Å². The summed E-state index contributed by atoms with van der Waals surface area (Å²) in [6.07, 6.45) is 0. The van der Waals surface area contributed by atoms with Crippen molar-refractivity contribution < 1.29 is 0 Å². The van der Waals surface area contributed by atoms with E-state index in [0.29, 0.717) is 0 Å². The average molecular weight is 588 g/mol. The van der Waals surface area contributed by atoms with Gasteiger partial charge in [0.05, 0.1) is 5.41 Å². The van der Waals surface area contributed by atoms with Gasteiger partial charge in [0.15, 0.2) is 0 Å². The molecule has 0 aromatic heterocycles. The zero-order valence-corrected chi connectivity index (χ0v) is 24.6. The van der Waals surface area contributed by atoms with Gasteiger partial charge in [-0.3, -0.25) is 0 Å². The van der Waals surface area contributed by atoms with E-state index in [1.807, 2.05) is 0 Å². The molecule has 1 spiro atoms. The molecule has 0 aliphatic heterocycles. The van der Waals surface area contributed by atoms with Crippen LogP contribution in [0.3, 0.4) is 0 Å². The van der Waals surface area contributed by atoms with Crippen LogP contribution in [-0.2, 0) is 10.8 Å². The van der Waals surface area contributed by atoms with Crippen molar-refractivity contribution in [3.63, 3.8) is 0 Å². The summed E-state index contributed by atoms with van der Waals surface area (Å²) in [6.45, 7) is 4.76. The Morgan fingerprint density at radius 2 is 0.780 bits per heavy atom. The normalized spacial score (nSPS) is 17.9. The SMILES string of the molecule is CC1(C)c2ccccc2-c2cc3c(cc21)-c1ccccc1C31c2ccccc2-c2ccccc2-c2cc(Br)ccc21. The molecule has 0 bridgehead atoms. The lowest BCUT2D eigenvalue weighted by Crippen LogP contribution is -2.29. The quantitative estimate of drug-likeness (QED) is 0.166. The number of hydrogen-bond donors (Lipinski definition) is 0. The summed E-state index contributed by atoms with van der Waals surface area (Å²) in [7, 11) is 0. The summed E-state index contributed by atoms with van der Waals surface area (Å²) in [5, 5.41) is 0. The molecule has 0 heterocycles. The zero-order chi connectivity index (χ0) is 27.5. The molecule has 0 nitrogen and oxygen atoms in total. The number of halogens is 1. The number of fused-ring (bicyclic) bond motifs is 15. The van der Waals surface area contributed by atoms with Gasteiger partial charge < -0.3 is 0 Å². The lowest BCUT2D eigenvalue weighted by Gasteiger charge is -2.35. The molecule has 1 heteroatoms. The van der Waals surface area contributed by atoms with Gasteiger partial charge in [-0.1, -0.05) is 133 Å². The monoisotopic (exact) mass is 586 g/mol. The minimum atomic E-state index is -0.450. The fourth-order valence-corrected chi connectivity index (χ4v) is 8.62. The molecule has 0 amide bonds. The van der Waals surface area contributed by atoms with Crippen LogP contribution in [0, 0.1) is 0 Å². The molecule has 0 N–H and O–H groups in total. The Hall–Kier alpha value is -4.20. The van der Waals surface area contributed by atoms with E-state index >= 15 is 0 Å². The van der Waals surface area contributed by atoms with Crippen LogP contribution in [0.4, 0.5) is 0 Å². The van der Waals surface area contributed by atoms with Gasteiger partial charge in [-0.25, -0.2) is 0 Å². The molecule has 1 atom stereocenters. The summed E-state index contributed by atoms with van der Waals surface area (Å²) >= 11 is 3.83.